The highest BCUT2D eigenvalue weighted by Crippen LogP contribution is 2.43. The molecule has 1 aliphatic heterocycles. The van der Waals surface area contributed by atoms with Gasteiger partial charge in [-0.1, -0.05) is 11.3 Å². The minimum Gasteiger partial charge on any atom is -0.469 e. The van der Waals surface area contributed by atoms with Crippen LogP contribution in [0.1, 0.15) is 50.5 Å². The van der Waals surface area contributed by atoms with Crippen molar-refractivity contribution in [3.63, 3.8) is 0 Å². The van der Waals surface area contributed by atoms with Gasteiger partial charge in [-0.2, -0.15) is 0 Å². The first-order valence-electron chi connectivity index (χ1n) is 7.69. The zero-order valence-electron chi connectivity index (χ0n) is 13.0. The molecular formula is C15H23N3O2S. The number of nitrogens with zero attached hydrogens (tertiary/aromatic N) is 3. The molecule has 21 heavy (non-hydrogen) atoms. The Balaban J connectivity index is 1.71. The van der Waals surface area contributed by atoms with Gasteiger partial charge >= 0.3 is 5.97 Å². The standard InChI is InChI=1S/C15H23N3O2S/c1-15(2,13(19)20-3)11-5-4-8-18(9-11)14-17-16-12(21-14)10-6-7-10/h10-11H,4-9H2,1-3H3. The summed E-state index contributed by atoms with van der Waals surface area (Å²) >= 11 is 1.72. The van der Waals surface area contributed by atoms with Crippen LogP contribution in [0.5, 0.6) is 0 Å². The Bertz CT molecular complexity index is 525. The van der Waals surface area contributed by atoms with Crippen LogP contribution < -0.4 is 4.90 Å². The molecule has 0 aromatic carbocycles. The maximum atomic E-state index is 12.0. The van der Waals surface area contributed by atoms with E-state index in [0.29, 0.717) is 11.8 Å². The molecule has 0 radical (unpaired) electrons. The molecule has 0 spiro atoms. The highest BCUT2D eigenvalue weighted by molar-refractivity contribution is 7.15. The molecule has 1 saturated heterocycles. The highest BCUT2D eigenvalue weighted by Gasteiger charge is 2.40. The van der Waals surface area contributed by atoms with Crippen molar-refractivity contribution in [2.45, 2.75) is 45.4 Å². The highest BCUT2D eigenvalue weighted by atomic mass is 32.1. The number of rotatable bonds is 4. The summed E-state index contributed by atoms with van der Waals surface area (Å²) in [4.78, 5) is 14.3. The first-order chi connectivity index (χ1) is 10.0. The average molecular weight is 309 g/mol. The second-order valence-electron chi connectivity index (χ2n) is 6.70. The number of piperidine rings is 1. The Hall–Kier alpha value is -1.17. The molecule has 1 saturated carbocycles. The normalized spacial score (nSPS) is 23.2. The van der Waals surface area contributed by atoms with Gasteiger partial charge in [0.05, 0.1) is 12.5 Å². The van der Waals surface area contributed by atoms with Crippen molar-refractivity contribution in [1.29, 1.82) is 0 Å². The number of aromatic nitrogens is 2. The van der Waals surface area contributed by atoms with Gasteiger partial charge in [-0.3, -0.25) is 4.79 Å². The molecule has 1 aromatic rings. The van der Waals surface area contributed by atoms with Gasteiger partial charge in [0.2, 0.25) is 5.13 Å². The predicted octanol–water partition coefficient (Wildman–Crippen LogP) is 2.83. The van der Waals surface area contributed by atoms with E-state index in [-0.39, 0.29) is 5.97 Å². The molecule has 5 nitrogen and oxygen atoms in total. The van der Waals surface area contributed by atoms with E-state index < -0.39 is 5.41 Å². The van der Waals surface area contributed by atoms with E-state index in [1.165, 1.54) is 25.0 Å². The molecule has 116 valence electrons. The van der Waals surface area contributed by atoms with Crippen LogP contribution in [0, 0.1) is 11.3 Å². The maximum absolute atomic E-state index is 12.0. The molecule has 6 heteroatoms. The summed E-state index contributed by atoms with van der Waals surface area (Å²) in [5, 5.41) is 10.9. The summed E-state index contributed by atoms with van der Waals surface area (Å²) in [6.45, 7) is 5.85. The lowest BCUT2D eigenvalue weighted by atomic mass is 9.74. The smallest absolute Gasteiger partial charge is 0.311 e. The molecule has 1 aliphatic carbocycles. The van der Waals surface area contributed by atoms with Crippen LogP contribution in [-0.2, 0) is 9.53 Å². The van der Waals surface area contributed by atoms with Crippen LogP contribution in [-0.4, -0.2) is 36.4 Å². The van der Waals surface area contributed by atoms with Crippen LogP contribution in [0.25, 0.3) is 0 Å². The van der Waals surface area contributed by atoms with Crippen molar-refractivity contribution in [1.82, 2.24) is 10.2 Å². The summed E-state index contributed by atoms with van der Waals surface area (Å²) in [6, 6.07) is 0. The lowest BCUT2D eigenvalue weighted by Crippen LogP contribution is -2.45. The molecule has 1 aromatic heterocycles. The molecule has 0 bridgehead atoms. The molecular weight excluding hydrogens is 286 g/mol. The van der Waals surface area contributed by atoms with E-state index >= 15 is 0 Å². The third kappa shape index (κ3) is 2.91. The van der Waals surface area contributed by atoms with Crippen molar-refractivity contribution in [3.8, 4) is 0 Å². The van der Waals surface area contributed by atoms with Crippen LogP contribution >= 0.6 is 11.3 Å². The van der Waals surface area contributed by atoms with Gasteiger partial charge in [-0.25, -0.2) is 0 Å². The summed E-state index contributed by atoms with van der Waals surface area (Å²) < 4.78 is 4.97. The fraction of sp³-hybridized carbons (Fsp3) is 0.800. The fourth-order valence-electron chi connectivity index (χ4n) is 3.02. The van der Waals surface area contributed by atoms with Gasteiger partial charge in [-0.05, 0) is 45.4 Å². The SMILES string of the molecule is COC(=O)C(C)(C)C1CCCN(c2nnc(C3CC3)s2)C1. The number of hydrogen-bond acceptors (Lipinski definition) is 6. The van der Waals surface area contributed by atoms with Crippen LogP contribution in [0.2, 0.25) is 0 Å². The Kier molecular flexibility index (Phi) is 3.90. The van der Waals surface area contributed by atoms with Gasteiger partial charge in [-0.15, -0.1) is 10.2 Å². The first kappa shape index (κ1) is 14.8. The number of methoxy groups -OCH3 is 1. The Morgan fingerprint density at radius 1 is 1.33 bits per heavy atom. The van der Waals surface area contributed by atoms with Crippen LogP contribution in [0.3, 0.4) is 0 Å². The minimum atomic E-state index is -0.447. The van der Waals surface area contributed by atoms with E-state index in [0.717, 1.165) is 31.1 Å². The topological polar surface area (TPSA) is 55.3 Å². The zero-order chi connectivity index (χ0) is 15.0. The second-order valence-corrected chi connectivity index (χ2v) is 7.68. The summed E-state index contributed by atoms with van der Waals surface area (Å²) in [5.41, 5.74) is -0.447. The Labute approximate surface area is 129 Å². The summed E-state index contributed by atoms with van der Waals surface area (Å²) in [5.74, 6) is 0.834. The second kappa shape index (κ2) is 5.55. The number of anilines is 1. The third-order valence-corrected chi connectivity index (χ3v) is 5.93. The van der Waals surface area contributed by atoms with E-state index in [1.54, 1.807) is 11.3 Å². The van der Waals surface area contributed by atoms with Gasteiger partial charge in [0, 0.05) is 19.0 Å². The van der Waals surface area contributed by atoms with Gasteiger partial charge in [0.15, 0.2) is 0 Å². The largest absolute Gasteiger partial charge is 0.469 e. The van der Waals surface area contributed by atoms with Crippen molar-refractivity contribution in [3.05, 3.63) is 5.01 Å². The molecule has 2 fully saturated rings. The van der Waals surface area contributed by atoms with E-state index in [2.05, 4.69) is 15.1 Å². The van der Waals surface area contributed by atoms with E-state index in [9.17, 15) is 4.79 Å². The minimum absolute atomic E-state index is 0.120. The van der Waals surface area contributed by atoms with Crippen LogP contribution in [0.15, 0.2) is 0 Å². The lowest BCUT2D eigenvalue weighted by Gasteiger charge is -2.39. The monoisotopic (exact) mass is 309 g/mol. The van der Waals surface area contributed by atoms with Gasteiger partial charge in [0.1, 0.15) is 5.01 Å². The molecule has 0 N–H and O–H groups in total. The van der Waals surface area contributed by atoms with Crippen molar-refractivity contribution in [2.24, 2.45) is 11.3 Å². The number of hydrogen-bond donors (Lipinski definition) is 0. The molecule has 1 atom stereocenters. The van der Waals surface area contributed by atoms with E-state index in [4.69, 9.17) is 4.74 Å². The maximum Gasteiger partial charge on any atom is 0.311 e. The van der Waals surface area contributed by atoms with Gasteiger partial charge < -0.3 is 9.64 Å². The number of carbonyl (C=O) groups excluding carboxylic acids is 1. The van der Waals surface area contributed by atoms with Crippen LogP contribution in [0.4, 0.5) is 5.13 Å². The molecule has 0 amide bonds. The average Bonchev–Trinajstić information content (AvgIpc) is 3.23. The van der Waals surface area contributed by atoms with Gasteiger partial charge in [0.25, 0.3) is 0 Å². The molecule has 2 aliphatic rings. The Morgan fingerprint density at radius 3 is 2.76 bits per heavy atom. The molecule has 2 heterocycles. The van der Waals surface area contributed by atoms with Crippen molar-refractivity contribution in [2.75, 3.05) is 25.1 Å². The first-order valence-corrected chi connectivity index (χ1v) is 8.50. The fourth-order valence-corrected chi connectivity index (χ4v) is 4.07. The number of esters is 1. The number of carbonyl (C=O) groups is 1. The number of ether oxygens (including phenoxy) is 1. The predicted molar refractivity (Wildman–Crippen MR) is 82.6 cm³/mol. The molecule has 1 unspecified atom stereocenters. The summed E-state index contributed by atoms with van der Waals surface area (Å²) in [6.07, 6.45) is 4.66. The lowest BCUT2D eigenvalue weighted by molar-refractivity contribution is -0.154. The third-order valence-electron chi connectivity index (χ3n) is 4.78. The Morgan fingerprint density at radius 2 is 2.10 bits per heavy atom. The molecule has 3 rings (SSSR count). The van der Waals surface area contributed by atoms with Crippen molar-refractivity contribution < 1.29 is 9.53 Å². The quantitative estimate of drug-likeness (QED) is 0.801. The van der Waals surface area contributed by atoms with Crippen molar-refractivity contribution >= 4 is 22.4 Å². The van der Waals surface area contributed by atoms with E-state index in [1.807, 2.05) is 13.8 Å². The summed E-state index contributed by atoms with van der Waals surface area (Å²) in [7, 11) is 1.47. The zero-order valence-corrected chi connectivity index (χ0v) is 13.8.